The molecule has 3 fully saturated rings. The molecule has 2 amide bonds. The standard InChI is InChI=1S/C15H27N3O/c19-15(17-11-5-2-1-3-6-11)18-14-9-12-7-4-8-13(10-14)16-12/h11-14,16H,1-10H2,(H2,17,18,19)/t12-,13+,14?. The van der Waals surface area contributed by atoms with Gasteiger partial charge >= 0.3 is 6.03 Å². The lowest BCUT2D eigenvalue weighted by atomic mass is 9.84. The highest BCUT2D eigenvalue weighted by Crippen LogP contribution is 2.25. The maximum absolute atomic E-state index is 12.1. The Kier molecular flexibility index (Phi) is 4.26. The smallest absolute Gasteiger partial charge is 0.315 e. The van der Waals surface area contributed by atoms with E-state index in [1.54, 1.807) is 0 Å². The fraction of sp³-hybridized carbons (Fsp3) is 0.933. The predicted molar refractivity (Wildman–Crippen MR) is 76.1 cm³/mol. The number of urea groups is 1. The Bertz CT molecular complexity index is 303. The van der Waals surface area contributed by atoms with E-state index in [4.69, 9.17) is 0 Å². The van der Waals surface area contributed by atoms with Crippen LogP contribution in [0.15, 0.2) is 0 Å². The minimum Gasteiger partial charge on any atom is -0.335 e. The summed E-state index contributed by atoms with van der Waals surface area (Å²) in [6, 6.07) is 2.12. The molecule has 0 spiro atoms. The van der Waals surface area contributed by atoms with Crippen molar-refractivity contribution < 1.29 is 4.79 Å². The van der Waals surface area contributed by atoms with Crippen molar-refractivity contribution in [3.05, 3.63) is 0 Å². The number of amides is 2. The first-order valence-corrected chi connectivity index (χ1v) is 8.12. The fourth-order valence-electron chi connectivity index (χ4n) is 4.04. The van der Waals surface area contributed by atoms with E-state index in [0.29, 0.717) is 24.2 Å². The van der Waals surface area contributed by atoms with Gasteiger partial charge in [-0.15, -0.1) is 0 Å². The van der Waals surface area contributed by atoms with Crippen LogP contribution in [0.4, 0.5) is 4.79 Å². The van der Waals surface area contributed by atoms with E-state index in [2.05, 4.69) is 16.0 Å². The number of fused-ring (bicyclic) bond motifs is 2. The summed E-state index contributed by atoms with van der Waals surface area (Å²) in [6.45, 7) is 0. The van der Waals surface area contributed by atoms with Gasteiger partial charge in [0, 0.05) is 24.2 Å². The maximum atomic E-state index is 12.1. The van der Waals surface area contributed by atoms with Gasteiger partial charge in [0.2, 0.25) is 0 Å². The molecule has 3 atom stereocenters. The van der Waals surface area contributed by atoms with Gasteiger partial charge in [0.1, 0.15) is 0 Å². The van der Waals surface area contributed by atoms with Gasteiger partial charge in [0.25, 0.3) is 0 Å². The number of hydrogen-bond donors (Lipinski definition) is 3. The normalized spacial score (nSPS) is 35.7. The first-order chi connectivity index (χ1) is 9.29. The number of carbonyl (C=O) groups excluding carboxylic acids is 1. The highest BCUT2D eigenvalue weighted by molar-refractivity contribution is 5.74. The summed E-state index contributed by atoms with van der Waals surface area (Å²) >= 11 is 0. The van der Waals surface area contributed by atoms with E-state index in [1.165, 1.54) is 38.5 Å². The molecular formula is C15H27N3O. The van der Waals surface area contributed by atoms with Crippen LogP contribution in [0, 0.1) is 0 Å². The van der Waals surface area contributed by atoms with E-state index < -0.39 is 0 Å². The monoisotopic (exact) mass is 265 g/mol. The van der Waals surface area contributed by atoms with Gasteiger partial charge < -0.3 is 16.0 Å². The average molecular weight is 265 g/mol. The fourth-order valence-corrected chi connectivity index (χ4v) is 4.04. The maximum Gasteiger partial charge on any atom is 0.315 e. The Hall–Kier alpha value is -0.770. The molecule has 3 rings (SSSR count). The topological polar surface area (TPSA) is 53.2 Å². The van der Waals surface area contributed by atoms with Gasteiger partial charge in [-0.2, -0.15) is 0 Å². The third kappa shape index (κ3) is 3.62. The van der Waals surface area contributed by atoms with Crippen LogP contribution in [-0.4, -0.2) is 30.2 Å². The number of rotatable bonds is 2. The van der Waals surface area contributed by atoms with Crippen molar-refractivity contribution in [3.8, 4) is 0 Å². The molecule has 19 heavy (non-hydrogen) atoms. The Morgan fingerprint density at radius 1 is 0.789 bits per heavy atom. The van der Waals surface area contributed by atoms with Gasteiger partial charge in [-0.25, -0.2) is 4.79 Å². The van der Waals surface area contributed by atoms with E-state index >= 15 is 0 Å². The highest BCUT2D eigenvalue weighted by Gasteiger charge is 2.32. The number of piperidine rings is 2. The molecule has 108 valence electrons. The Morgan fingerprint density at radius 2 is 1.42 bits per heavy atom. The second-order valence-corrected chi connectivity index (χ2v) is 6.61. The summed E-state index contributed by atoms with van der Waals surface area (Å²) in [5.41, 5.74) is 0. The van der Waals surface area contributed by atoms with Gasteiger partial charge in [-0.3, -0.25) is 0 Å². The molecule has 1 unspecified atom stereocenters. The van der Waals surface area contributed by atoms with E-state index in [1.807, 2.05) is 0 Å². The molecular weight excluding hydrogens is 238 g/mol. The molecule has 3 N–H and O–H groups in total. The molecule has 2 bridgehead atoms. The molecule has 3 aliphatic rings. The molecule has 4 heteroatoms. The van der Waals surface area contributed by atoms with Crippen LogP contribution in [0.5, 0.6) is 0 Å². The molecule has 1 saturated carbocycles. The van der Waals surface area contributed by atoms with Crippen molar-refractivity contribution in [2.24, 2.45) is 0 Å². The van der Waals surface area contributed by atoms with Gasteiger partial charge in [-0.05, 0) is 38.5 Å². The Labute approximate surface area is 116 Å². The number of nitrogens with one attached hydrogen (secondary N) is 3. The highest BCUT2D eigenvalue weighted by atomic mass is 16.2. The summed E-state index contributed by atoms with van der Waals surface area (Å²) in [7, 11) is 0. The largest absolute Gasteiger partial charge is 0.335 e. The Balaban J connectivity index is 1.44. The third-order valence-corrected chi connectivity index (χ3v) is 4.99. The van der Waals surface area contributed by atoms with E-state index in [9.17, 15) is 4.79 Å². The number of carbonyl (C=O) groups is 1. The van der Waals surface area contributed by atoms with Crippen LogP contribution >= 0.6 is 0 Å². The van der Waals surface area contributed by atoms with Gasteiger partial charge in [-0.1, -0.05) is 25.7 Å². The van der Waals surface area contributed by atoms with Crippen molar-refractivity contribution >= 4 is 6.03 Å². The van der Waals surface area contributed by atoms with Crippen LogP contribution in [0.1, 0.15) is 64.2 Å². The summed E-state index contributed by atoms with van der Waals surface area (Å²) < 4.78 is 0. The molecule has 2 heterocycles. The molecule has 0 aromatic rings. The lowest BCUT2D eigenvalue weighted by Crippen LogP contribution is -2.56. The van der Waals surface area contributed by atoms with Crippen molar-refractivity contribution in [3.63, 3.8) is 0 Å². The van der Waals surface area contributed by atoms with Crippen LogP contribution < -0.4 is 16.0 Å². The molecule has 0 radical (unpaired) electrons. The molecule has 2 aliphatic heterocycles. The second-order valence-electron chi connectivity index (χ2n) is 6.61. The van der Waals surface area contributed by atoms with E-state index in [-0.39, 0.29) is 6.03 Å². The van der Waals surface area contributed by atoms with Crippen molar-refractivity contribution in [1.82, 2.24) is 16.0 Å². The predicted octanol–water partition coefficient (Wildman–Crippen LogP) is 2.29. The van der Waals surface area contributed by atoms with Gasteiger partial charge in [0.05, 0.1) is 0 Å². The average Bonchev–Trinajstić information content (AvgIpc) is 2.39. The van der Waals surface area contributed by atoms with Crippen LogP contribution in [-0.2, 0) is 0 Å². The first-order valence-electron chi connectivity index (χ1n) is 8.12. The lowest BCUT2D eigenvalue weighted by molar-refractivity contribution is 0.192. The molecule has 2 saturated heterocycles. The minimum absolute atomic E-state index is 0.0665. The van der Waals surface area contributed by atoms with Crippen LogP contribution in [0.2, 0.25) is 0 Å². The van der Waals surface area contributed by atoms with Crippen molar-refractivity contribution in [1.29, 1.82) is 0 Å². The molecule has 0 aromatic heterocycles. The lowest BCUT2D eigenvalue weighted by Gasteiger charge is -2.40. The van der Waals surface area contributed by atoms with Crippen molar-refractivity contribution in [2.75, 3.05) is 0 Å². The summed E-state index contributed by atoms with van der Waals surface area (Å²) in [4.78, 5) is 12.1. The zero-order chi connectivity index (χ0) is 13.1. The third-order valence-electron chi connectivity index (χ3n) is 4.99. The van der Waals surface area contributed by atoms with Crippen molar-refractivity contribution in [2.45, 2.75) is 88.4 Å². The zero-order valence-electron chi connectivity index (χ0n) is 11.8. The number of hydrogen-bond acceptors (Lipinski definition) is 2. The van der Waals surface area contributed by atoms with Gasteiger partial charge in [0.15, 0.2) is 0 Å². The van der Waals surface area contributed by atoms with Crippen LogP contribution in [0.3, 0.4) is 0 Å². The quantitative estimate of drug-likeness (QED) is 0.717. The summed E-state index contributed by atoms with van der Waals surface area (Å²) in [5.74, 6) is 0. The van der Waals surface area contributed by atoms with E-state index in [0.717, 1.165) is 25.7 Å². The first kappa shape index (κ1) is 13.2. The second kappa shape index (κ2) is 6.12. The summed E-state index contributed by atoms with van der Waals surface area (Å²) in [6.07, 6.45) is 12.3. The molecule has 0 aromatic carbocycles. The minimum atomic E-state index is 0.0665. The summed E-state index contributed by atoms with van der Waals surface area (Å²) in [5, 5.41) is 10.0. The van der Waals surface area contributed by atoms with Crippen LogP contribution in [0.25, 0.3) is 0 Å². The molecule has 4 nitrogen and oxygen atoms in total. The zero-order valence-corrected chi connectivity index (χ0v) is 11.8. The SMILES string of the molecule is O=C(NC1CCCCC1)NC1C[C@H]2CCC[C@@H](C1)N2. The Morgan fingerprint density at radius 3 is 2.11 bits per heavy atom. The molecule has 1 aliphatic carbocycles.